The number of aliphatic hydroxyl groups is 1. The fourth-order valence-electron chi connectivity index (χ4n) is 4.80. The summed E-state index contributed by atoms with van der Waals surface area (Å²) in [7, 11) is 0. The second kappa shape index (κ2) is 6.98. The van der Waals surface area contributed by atoms with Crippen LogP contribution in [0.2, 0.25) is 0 Å². The Morgan fingerprint density at radius 3 is 2.35 bits per heavy atom. The van der Waals surface area contributed by atoms with Gasteiger partial charge in [0.25, 0.3) is 0 Å². The summed E-state index contributed by atoms with van der Waals surface area (Å²) in [6.07, 6.45) is 5.63. The van der Waals surface area contributed by atoms with Crippen LogP contribution in [0.4, 0.5) is 4.39 Å². The molecule has 2 fully saturated rings. The summed E-state index contributed by atoms with van der Waals surface area (Å²) in [5, 5.41) is 11.2. The van der Waals surface area contributed by atoms with Crippen LogP contribution in [-0.2, 0) is 5.60 Å². The van der Waals surface area contributed by atoms with E-state index in [2.05, 4.69) is 42.2 Å². The maximum atomic E-state index is 14.3. The van der Waals surface area contributed by atoms with Gasteiger partial charge in [-0.05, 0) is 44.2 Å². The zero-order chi connectivity index (χ0) is 18.1. The molecule has 2 aromatic rings. The van der Waals surface area contributed by atoms with Crippen molar-refractivity contribution in [2.45, 2.75) is 50.3 Å². The second-order valence-electron chi connectivity index (χ2n) is 7.88. The lowest BCUT2D eigenvalue weighted by molar-refractivity contribution is -0.0563. The van der Waals surface area contributed by atoms with Gasteiger partial charge in [0.15, 0.2) is 0 Å². The van der Waals surface area contributed by atoms with Crippen molar-refractivity contribution in [3.63, 3.8) is 0 Å². The molecule has 2 aliphatic rings. The predicted molar refractivity (Wildman–Crippen MR) is 103 cm³/mol. The lowest BCUT2D eigenvalue weighted by atomic mass is 9.80. The van der Waals surface area contributed by atoms with Crippen molar-refractivity contribution in [3.05, 3.63) is 77.1 Å². The molecule has 1 N–H and O–H groups in total. The molecule has 0 amide bonds. The Morgan fingerprint density at radius 2 is 1.69 bits per heavy atom. The Labute approximate surface area is 155 Å². The third kappa shape index (κ3) is 3.34. The zero-order valence-corrected chi connectivity index (χ0v) is 15.2. The molecular weight excluding hydrogens is 325 g/mol. The van der Waals surface area contributed by atoms with E-state index in [4.69, 9.17) is 0 Å². The van der Waals surface area contributed by atoms with E-state index in [-0.39, 0.29) is 5.82 Å². The minimum atomic E-state index is -1.04. The van der Waals surface area contributed by atoms with Gasteiger partial charge in [0.1, 0.15) is 5.82 Å². The Bertz CT molecular complexity index is 787. The van der Waals surface area contributed by atoms with Gasteiger partial charge in [-0.1, -0.05) is 60.2 Å². The molecule has 26 heavy (non-hydrogen) atoms. The number of nitrogens with zero attached hydrogens (tertiary/aromatic N) is 1. The second-order valence-corrected chi connectivity index (χ2v) is 7.88. The van der Waals surface area contributed by atoms with E-state index in [1.165, 1.54) is 17.2 Å². The van der Waals surface area contributed by atoms with Crippen molar-refractivity contribution < 1.29 is 9.50 Å². The summed E-state index contributed by atoms with van der Waals surface area (Å²) in [5.74, 6) is -0.289. The maximum absolute atomic E-state index is 14.3. The molecule has 3 atom stereocenters. The van der Waals surface area contributed by atoms with Gasteiger partial charge < -0.3 is 5.11 Å². The molecule has 136 valence electrons. The van der Waals surface area contributed by atoms with Crippen molar-refractivity contribution in [3.8, 4) is 0 Å². The Balaban J connectivity index is 1.51. The van der Waals surface area contributed by atoms with Gasteiger partial charge in [-0.2, -0.15) is 0 Å². The number of piperidine rings is 1. The molecule has 0 radical (unpaired) electrons. The van der Waals surface area contributed by atoms with E-state index in [9.17, 15) is 9.50 Å². The maximum Gasteiger partial charge on any atom is 0.129 e. The van der Waals surface area contributed by atoms with Crippen molar-refractivity contribution >= 4 is 6.08 Å². The van der Waals surface area contributed by atoms with Gasteiger partial charge in [0.2, 0.25) is 0 Å². The van der Waals surface area contributed by atoms with E-state index in [1.54, 1.807) is 12.1 Å². The number of halogens is 1. The fraction of sp³-hybridized carbons (Fsp3) is 0.391. The van der Waals surface area contributed by atoms with Crippen molar-refractivity contribution in [1.29, 1.82) is 0 Å². The number of fused-ring (bicyclic) bond motifs is 2. The lowest BCUT2D eigenvalue weighted by Crippen LogP contribution is -2.50. The first-order valence-corrected chi connectivity index (χ1v) is 9.50. The summed E-state index contributed by atoms with van der Waals surface area (Å²) >= 11 is 0. The van der Waals surface area contributed by atoms with Crippen LogP contribution in [0.5, 0.6) is 0 Å². The minimum Gasteiger partial charge on any atom is -0.385 e. The molecule has 2 heterocycles. The highest BCUT2D eigenvalue weighted by Crippen LogP contribution is 2.46. The highest BCUT2D eigenvalue weighted by Gasteiger charge is 2.48. The first-order chi connectivity index (χ1) is 12.5. The monoisotopic (exact) mass is 351 g/mol. The van der Waals surface area contributed by atoms with Crippen LogP contribution < -0.4 is 0 Å². The van der Waals surface area contributed by atoms with Crippen LogP contribution in [0.3, 0.4) is 0 Å². The summed E-state index contributed by atoms with van der Waals surface area (Å²) in [6.45, 7) is 3.09. The first kappa shape index (κ1) is 17.4. The third-order valence-electron chi connectivity index (χ3n) is 5.94. The average molecular weight is 351 g/mol. The number of benzene rings is 2. The summed E-state index contributed by atoms with van der Waals surface area (Å²) < 4.78 is 14.3. The van der Waals surface area contributed by atoms with Gasteiger partial charge in [-0.3, -0.25) is 4.90 Å². The largest absolute Gasteiger partial charge is 0.385 e. The normalized spacial score (nSPS) is 29.1. The Morgan fingerprint density at radius 1 is 1.08 bits per heavy atom. The summed E-state index contributed by atoms with van der Waals surface area (Å²) in [5.41, 5.74) is 1.97. The molecule has 2 aliphatic heterocycles. The molecule has 2 nitrogen and oxygen atoms in total. The topological polar surface area (TPSA) is 23.5 Å². The Kier molecular flexibility index (Phi) is 4.68. The number of hydrogen-bond donors (Lipinski definition) is 1. The Hall–Kier alpha value is -1.97. The quantitative estimate of drug-likeness (QED) is 0.860. The van der Waals surface area contributed by atoms with E-state index < -0.39 is 5.60 Å². The van der Waals surface area contributed by atoms with Gasteiger partial charge in [0.05, 0.1) is 5.60 Å². The summed E-state index contributed by atoms with van der Waals surface area (Å²) in [6, 6.07) is 17.7. The smallest absolute Gasteiger partial charge is 0.129 e. The van der Waals surface area contributed by atoms with Crippen LogP contribution in [-0.4, -0.2) is 28.6 Å². The van der Waals surface area contributed by atoms with E-state index in [0.717, 1.165) is 19.4 Å². The average Bonchev–Trinajstić information content (AvgIpc) is 2.87. The van der Waals surface area contributed by atoms with E-state index in [1.807, 2.05) is 12.1 Å². The molecule has 4 rings (SSSR count). The third-order valence-corrected chi connectivity index (χ3v) is 5.94. The van der Waals surface area contributed by atoms with E-state index in [0.29, 0.717) is 30.5 Å². The molecule has 2 saturated heterocycles. The molecule has 0 aromatic heterocycles. The van der Waals surface area contributed by atoms with Gasteiger partial charge >= 0.3 is 0 Å². The molecule has 2 aromatic carbocycles. The SMILES string of the molecule is C/C(=C\c1ccccc1)CN1[C@@H]2CC[C@H]1CC(O)(c1ccccc1F)C2. The van der Waals surface area contributed by atoms with Crippen LogP contribution in [0.15, 0.2) is 60.2 Å². The van der Waals surface area contributed by atoms with Crippen LogP contribution in [0, 0.1) is 5.82 Å². The van der Waals surface area contributed by atoms with Crippen LogP contribution in [0.25, 0.3) is 6.08 Å². The fourth-order valence-corrected chi connectivity index (χ4v) is 4.80. The molecule has 0 saturated carbocycles. The highest BCUT2D eigenvalue weighted by molar-refractivity contribution is 5.52. The zero-order valence-electron chi connectivity index (χ0n) is 15.2. The molecule has 2 bridgehead atoms. The van der Waals surface area contributed by atoms with Gasteiger partial charge in [-0.25, -0.2) is 4.39 Å². The number of hydrogen-bond acceptors (Lipinski definition) is 2. The lowest BCUT2D eigenvalue weighted by Gasteiger charge is -2.44. The van der Waals surface area contributed by atoms with Crippen LogP contribution >= 0.6 is 0 Å². The molecule has 0 spiro atoms. The molecule has 1 unspecified atom stereocenters. The van der Waals surface area contributed by atoms with E-state index >= 15 is 0 Å². The van der Waals surface area contributed by atoms with Crippen molar-refractivity contribution in [2.24, 2.45) is 0 Å². The van der Waals surface area contributed by atoms with Crippen LogP contribution in [0.1, 0.15) is 43.7 Å². The highest BCUT2D eigenvalue weighted by atomic mass is 19.1. The first-order valence-electron chi connectivity index (χ1n) is 9.50. The molecule has 3 heteroatoms. The molecule has 0 aliphatic carbocycles. The number of rotatable bonds is 4. The summed E-state index contributed by atoms with van der Waals surface area (Å²) in [4.78, 5) is 2.52. The molecular formula is C23H26FNO. The minimum absolute atomic E-state index is 0.289. The van der Waals surface area contributed by atoms with Crippen molar-refractivity contribution in [1.82, 2.24) is 4.90 Å². The van der Waals surface area contributed by atoms with Gasteiger partial charge in [0, 0.05) is 24.2 Å². The standard InChI is InChI=1S/C23H26FNO/c1-17(13-18-7-3-2-4-8-18)16-25-19-11-12-20(25)15-23(26,14-19)21-9-5-6-10-22(21)24/h2-10,13,19-20,26H,11-12,14-16H2,1H3/b17-13+/t19-,20+,23?. The van der Waals surface area contributed by atoms with Crippen molar-refractivity contribution in [2.75, 3.05) is 6.54 Å². The van der Waals surface area contributed by atoms with Gasteiger partial charge in [-0.15, -0.1) is 0 Å². The predicted octanol–water partition coefficient (Wildman–Crippen LogP) is 4.74.